The van der Waals surface area contributed by atoms with Crippen LogP contribution in [0.3, 0.4) is 0 Å². The number of hydrogen-bond donors (Lipinski definition) is 1. The number of hydrogen-bond acceptors (Lipinski definition) is 2. The number of carbonyl (C=O) groups is 1. The van der Waals surface area contributed by atoms with Crippen LogP contribution in [0, 0.1) is 0 Å². The van der Waals surface area contributed by atoms with E-state index in [9.17, 15) is 4.79 Å². The van der Waals surface area contributed by atoms with Crippen LogP contribution >= 0.6 is 0 Å². The van der Waals surface area contributed by atoms with Crippen LogP contribution in [-0.4, -0.2) is 35.5 Å². The summed E-state index contributed by atoms with van der Waals surface area (Å²) in [5.41, 5.74) is 0. The summed E-state index contributed by atoms with van der Waals surface area (Å²) in [6.07, 6.45) is 7.04. The highest BCUT2D eigenvalue weighted by Gasteiger charge is 2.33. The molecule has 3 atom stereocenters. The second kappa shape index (κ2) is 5.17. The van der Waals surface area contributed by atoms with E-state index in [1.807, 2.05) is 0 Å². The fourth-order valence-electron chi connectivity index (χ4n) is 3.10. The lowest BCUT2D eigenvalue weighted by Gasteiger charge is -2.41. The summed E-state index contributed by atoms with van der Waals surface area (Å²) in [4.78, 5) is 14.6. The Kier molecular flexibility index (Phi) is 3.85. The van der Waals surface area contributed by atoms with Crippen LogP contribution in [0.5, 0.6) is 0 Å². The monoisotopic (exact) mass is 224 g/mol. The van der Waals surface area contributed by atoms with E-state index in [0.717, 1.165) is 13.0 Å². The summed E-state index contributed by atoms with van der Waals surface area (Å²) in [6, 6.07) is 0.955. The Balaban J connectivity index is 2.00. The van der Waals surface area contributed by atoms with Crippen LogP contribution < -0.4 is 5.32 Å². The summed E-state index contributed by atoms with van der Waals surface area (Å²) in [5.74, 6) is 0.347. The topological polar surface area (TPSA) is 32.3 Å². The SMILES string of the molecule is CC1CCCC(C)N1C(=O)[C@@H]1CCCCN1. The summed E-state index contributed by atoms with van der Waals surface area (Å²) in [7, 11) is 0. The van der Waals surface area contributed by atoms with E-state index in [1.165, 1.54) is 32.1 Å². The van der Waals surface area contributed by atoms with Crippen LogP contribution in [0.2, 0.25) is 0 Å². The van der Waals surface area contributed by atoms with E-state index in [0.29, 0.717) is 18.0 Å². The lowest BCUT2D eigenvalue weighted by molar-refractivity contribution is -0.140. The largest absolute Gasteiger partial charge is 0.336 e. The van der Waals surface area contributed by atoms with Gasteiger partial charge in [-0.05, 0) is 52.5 Å². The van der Waals surface area contributed by atoms with Crippen molar-refractivity contribution in [2.24, 2.45) is 0 Å². The van der Waals surface area contributed by atoms with Crippen molar-refractivity contribution in [2.45, 2.75) is 70.5 Å². The predicted octanol–water partition coefficient (Wildman–Crippen LogP) is 1.92. The van der Waals surface area contributed by atoms with Gasteiger partial charge < -0.3 is 10.2 Å². The van der Waals surface area contributed by atoms with Gasteiger partial charge in [0, 0.05) is 12.1 Å². The van der Waals surface area contributed by atoms with Crippen LogP contribution in [0.15, 0.2) is 0 Å². The zero-order valence-corrected chi connectivity index (χ0v) is 10.5. The van der Waals surface area contributed by atoms with Crippen molar-refractivity contribution in [3.8, 4) is 0 Å². The molecule has 0 aromatic heterocycles. The van der Waals surface area contributed by atoms with Crippen LogP contribution in [0.1, 0.15) is 52.4 Å². The number of nitrogens with zero attached hydrogens (tertiary/aromatic N) is 1. The molecule has 1 amide bonds. The minimum absolute atomic E-state index is 0.0942. The third kappa shape index (κ3) is 2.40. The maximum Gasteiger partial charge on any atom is 0.240 e. The van der Waals surface area contributed by atoms with Crippen molar-refractivity contribution in [1.29, 1.82) is 0 Å². The van der Waals surface area contributed by atoms with Gasteiger partial charge in [0.25, 0.3) is 0 Å². The first-order chi connectivity index (χ1) is 7.70. The Morgan fingerprint density at radius 1 is 1.06 bits per heavy atom. The molecule has 0 aliphatic carbocycles. The van der Waals surface area contributed by atoms with Gasteiger partial charge in [-0.15, -0.1) is 0 Å². The molecule has 2 unspecified atom stereocenters. The molecule has 16 heavy (non-hydrogen) atoms. The number of amides is 1. The molecule has 0 spiro atoms. The zero-order valence-electron chi connectivity index (χ0n) is 10.5. The Labute approximate surface area is 98.6 Å². The molecule has 2 saturated heterocycles. The van der Waals surface area contributed by atoms with Gasteiger partial charge in [0.15, 0.2) is 0 Å². The van der Waals surface area contributed by atoms with E-state index in [-0.39, 0.29) is 6.04 Å². The molecule has 3 nitrogen and oxygen atoms in total. The molecule has 1 N–H and O–H groups in total. The highest BCUT2D eigenvalue weighted by atomic mass is 16.2. The lowest BCUT2D eigenvalue weighted by atomic mass is 9.95. The Morgan fingerprint density at radius 3 is 2.31 bits per heavy atom. The van der Waals surface area contributed by atoms with Crippen molar-refractivity contribution in [3.63, 3.8) is 0 Å². The summed E-state index contributed by atoms with van der Waals surface area (Å²) in [5, 5.41) is 3.37. The quantitative estimate of drug-likeness (QED) is 0.738. The normalized spacial score (nSPS) is 36.1. The molecular formula is C13H24N2O. The van der Waals surface area contributed by atoms with Crippen LogP contribution in [0.4, 0.5) is 0 Å². The van der Waals surface area contributed by atoms with Crippen molar-refractivity contribution in [1.82, 2.24) is 10.2 Å². The number of nitrogens with one attached hydrogen (secondary N) is 1. The van der Waals surface area contributed by atoms with Crippen molar-refractivity contribution in [2.75, 3.05) is 6.54 Å². The highest BCUT2D eigenvalue weighted by Crippen LogP contribution is 2.24. The van der Waals surface area contributed by atoms with Gasteiger partial charge in [-0.25, -0.2) is 0 Å². The van der Waals surface area contributed by atoms with E-state index < -0.39 is 0 Å². The minimum atomic E-state index is 0.0942. The molecule has 2 rings (SSSR count). The highest BCUT2D eigenvalue weighted by molar-refractivity contribution is 5.82. The molecule has 3 heteroatoms. The first kappa shape index (κ1) is 11.9. The maximum atomic E-state index is 12.4. The van der Waals surface area contributed by atoms with Gasteiger partial charge in [0.1, 0.15) is 0 Å². The first-order valence-corrected chi connectivity index (χ1v) is 6.75. The summed E-state index contributed by atoms with van der Waals surface area (Å²) < 4.78 is 0. The zero-order chi connectivity index (χ0) is 11.5. The van der Waals surface area contributed by atoms with Gasteiger partial charge in [-0.2, -0.15) is 0 Å². The number of rotatable bonds is 1. The maximum absolute atomic E-state index is 12.4. The Hall–Kier alpha value is -0.570. The van der Waals surface area contributed by atoms with Gasteiger partial charge in [0.2, 0.25) is 5.91 Å². The van der Waals surface area contributed by atoms with Gasteiger partial charge in [0.05, 0.1) is 6.04 Å². The second-order valence-electron chi connectivity index (χ2n) is 5.38. The molecule has 0 radical (unpaired) electrons. The molecule has 0 aromatic carbocycles. The third-order valence-corrected chi connectivity index (χ3v) is 4.06. The smallest absolute Gasteiger partial charge is 0.240 e. The van der Waals surface area contributed by atoms with E-state index in [1.54, 1.807) is 0 Å². The van der Waals surface area contributed by atoms with Gasteiger partial charge >= 0.3 is 0 Å². The number of likely N-dealkylation sites (tertiary alicyclic amines) is 1. The predicted molar refractivity (Wildman–Crippen MR) is 65.3 cm³/mol. The average Bonchev–Trinajstić information content (AvgIpc) is 2.30. The fraction of sp³-hybridized carbons (Fsp3) is 0.923. The summed E-state index contributed by atoms with van der Waals surface area (Å²) in [6.45, 7) is 5.39. The number of piperidine rings is 2. The lowest BCUT2D eigenvalue weighted by Crippen LogP contribution is -2.55. The molecular weight excluding hydrogens is 200 g/mol. The Bertz CT molecular complexity index is 238. The van der Waals surface area contributed by atoms with Crippen molar-refractivity contribution >= 4 is 5.91 Å². The average molecular weight is 224 g/mol. The fourth-order valence-corrected chi connectivity index (χ4v) is 3.10. The second-order valence-corrected chi connectivity index (χ2v) is 5.38. The molecule has 2 aliphatic rings. The van der Waals surface area contributed by atoms with Crippen LogP contribution in [-0.2, 0) is 4.79 Å². The molecule has 92 valence electrons. The molecule has 0 saturated carbocycles. The third-order valence-electron chi connectivity index (χ3n) is 4.06. The first-order valence-electron chi connectivity index (χ1n) is 6.75. The minimum Gasteiger partial charge on any atom is -0.336 e. The van der Waals surface area contributed by atoms with Crippen molar-refractivity contribution < 1.29 is 4.79 Å². The molecule has 0 bridgehead atoms. The van der Waals surface area contributed by atoms with Gasteiger partial charge in [-0.1, -0.05) is 6.42 Å². The van der Waals surface area contributed by atoms with Crippen LogP contribution in [0.25, 0.3) is 0 Å². The van der Waals surface area contributed by atoms with Gasteiger partial charge in [-0.3, -0.25) is 4.79 Å². The van der Waals surface area contributed by atoms with E-state index >= 15 is 0 Å². The van der Waals surface area contributed by atoms with E-state index in [4.69, 9.17) is 0 Å². The molecule has 2 fully saturated rings. The molecule has 0 aromatic rings. The number of carbonyl (C=O) groups excluding carboxylic acids is 1. The Morgan fingerprint density at radius 2 is 1.75 bits per heavy atom. The summed E-state index contributed by atoms with van der Waals surface area (Å²) >= 11 is 0. The molecule has 2 aliphatic heterocycles. The molecule has 2 heterocycles. The standard InChI is InChI=1S/C13H24N2O/c1-10-6-5-7-11(2)15(10)13(16)12-8-3-4-9-14-12/h10-12,14H,3-9H2,1-2H3/t10?,11?,12-/m0/s1. The van der Waals surface area contributed by atoms with E-state index in [2.05, 4.69) is 24.1 Å². The van der Waals surface area contributed by atoms with Crippen molar-refractivity contribution in [3.05, 3.63) is 0 Å².